The zero-order valence-electron chi connectivity index (χ0n) is 28.8. The van der Waals surface area contributed by atoms with Gasteiger partial charge in [0.05, 0.1) is 4.92 Å². The van der Waals surface area contributed by atoms with Gasteiger partial charge in [-0.2, -0.15) is 0 Å². The van der Waals surface area contributed by atoms with Gasteiger partial charge in [0.15, 0.2) is 0 Å². The average Bonchev–Trinajstić information content (AvgIpc) is 2.96. The quantitative estimate of drug-likeness (QED) is 0.259. The molecule has 2 heterocycles. The lowest BCUT2D eigenvalue weighted by atomic mass is 10.1. The van der Waals surface area contributed by atoms with Gasteiger partial charge in [0.2, 0.25) is 0 Å². The first kappa shape index (κ1) is 37.9. The maximum atomic E-state index is 12.1. The van der Waals surface area contributed by atoms with Gasteiger partial charge in [-0.05, 0) is 90.8 Å². The van der Waals surface area contributed by atoms with Gasteiger partial charge in [0, 0.05) is 88.7 Å². The smallest absolute Gasteiger partial charge is 0.410 e. The minimum Gasteiger partial charge on any atom is -0.444 e. The van der Waals surface area contributed by atoms with E-state index in [4.69, 9.17) is 20.3 Å². The van der Waals surface area contributed by atoms with Crippen molar-refractivity contribution in [1.82, 2.24) is 9.80 Å². The van der Waals surface area contributed by atoms with Gasteiger partial charge in [0.25, 0.3) is 5.69 Å². The summed E-state index contributed by atoms with van der Waals surface area (Å²) < 4.78 is 10.8. The number of piperazine rings is 2. The number of aryl methyl sites for hydroxylation is 2. The second-order valence-electron chi connectivity index (χ2n) is 13.3. The van der Waals surface area contributed by atoms with Crippen molar-refractivity contribution >= 4 is 34.9 Å². The maximum absolute atomic E-state index is 12.1. The van der Waals surface area contributed by atoms with Gasteiger partial charge in [-0.1, -0.05) is 0 Å². The Morgan fingerprint density at radius 1 is 0.696 bits per heavy atom. The highest BCUT2D eigenvalue weighted by Crippen LogP contribution is 2.25. The van der Waals surface area contributed by atoms with E-state index in [1.54, 1.807) is 21.9 Å². The molecular formula is C33H52N6O7. The number of nitro groups is 1. The number of amides is 2. The molecule has 2 amide bonds. The molecule has 2 aliphatic heterocycles. The molecule has 46 heavy (non-hydrogen) atoms. The highest BCUT2D eigenvalue weighted by atomic mass is 16.6. The minimum atomic E-state index is -0.509. The summed E-state index contributed by atoms with van der Waals surface area (Å²) in [7, 11) is 1.00. The number of hydrogen-bond acceptors (Lipinski definition) is 10. The molecule has 13 nitrogen and oxygen atoms in total. The molecule has 2 aromatic rings. The van der Waals surface area contributed by atoms with E-state index >= 15 is 0 Å². The number of aliphatic hydroxyl groups is 1. The van der Waals surface area contributed by atoms with Gasteiger partial charge in [-0.25, -0.2) is 9.59 Å². The van der Waals surface area contributed by atoms with E-state index in [9.17, 15) is 19.7 Å². The molecule has 0 spiro atoms. The van der Waals surface area contributed by atoms with Gasteiger partial charge >= 0.3 is 12.2 Å². The Kier molecular flexibility index (Phi) is 13.5. The number of carbonyl (C=O) groups excluding carboxylic acids is 2. The predicted molar refractivity (Wildman–Crippen MR) is 182 cm³/mol. The van der Waals surface area contributed by atoms with Crippen LogP contribution in [0.5, 0.6) is 0 Å². The Hall–Kier alpha value is -4.26. The highest BCUT2D eigenvalue weighted by Gasteiger charge is 2.27. The fourth-order valence-corrected chi connectivity index (χ4v) is 4.95. The Bertz CT molecular complexity index is 1300. The van der Waals surface area contributed by atoms with E-state index in [2.05, 4.69) is 15.9 Å². The summed E-state index contributed by atoms with van der Waals surface area (Å²) in [5, 5.41) is 18.0. The number of ether oxygens (including phenoxy) is 2. The molecule has 2 aliphatic rings. The zero-order chi connectivity index (χ0) is 34.8. The lowest BCUT2D eigenvalue weighted by Gasteiger charge is -2.37. The second kappa shape index (κ2) is 16.3. The first-order valence-electron chi connectivity index (χ1n) is 15.4. The van der Waals surface area contributed by atoms with E-state index in [1.807, 2.05) is 73.6 Å². The predicted octanol–water partition coefficient (Wildman–Crippen LogP) is 5.20. The number of carbonyl (C=O) groups is 2. The fourth-order valence-electron chi connectivity index (χ4n) is 4.95. The summed E-state index contributed by atoms with van der Waals surface area (Å²) in [6.07, 6.45) is -0.543. The van der Waals surface area contributed by atoms with E-state index in [-0.39, 0.29) is 22.8 Å². The molecule has 2 aromatic carbocycles. The number of non-ortho nitro benzene ring substituents is 1. The van der Waals surface area contributed by atoms with Crippen molar-refractivity contribution < 1.29 is 29.1 Å². The fraction of sp³-hybridized carbons (Fsp3) is 0.576. The van der Waals surface area contributed by atoms with E-state index < -0.39 is 11.2 Å². The maximum Gasteiger partial charge on any atom is 0.410 e. The van der Waals surface area contributed by atoms with Gasteiger partial charge < -0.3 is 39.9 Å². The average molecular weight is 645 g/mol. The monoisotopic (exact) mass is 644 g/mol. The van der Waals surface area contributed by atoms with Crippen LogP contribution >= 0.6 is 0 Å². The molecule has 4 rings (SSSR count). The van der Waals surface area contributed by atoms with Gasteiger partial charge in [-0.3, -0.25) is 10.1 Å². The van der Waals surface area contributed by atoms with Crippen LogP contribution in [0, 0.1) is 24.0 Å². The van der Waals surface area contributed by atoms with Crippen molar-refractivity contribution in [2.75, 3.05) is 75.0 Å². The van der Waals surface area contributed by atoms with Crippen LogP contribution in [0.4, 0.5) is 32.3 Å². The molecule has 3 N–H and O–H groups in total. The summed E-state index contributed by atoms with van der Waals surface area (Å²) >= 11 is 0. The number of aliphatic hydroxyl groups excluding tert-OH is 1. The summed E-state index contributed by atoms with van der Waals surface area (Å²) in [6.45, 7) is 20.3. The van der Waals surface area contributed by atoms with Crippen LogP contribution in [0.2, 0.25) is 0 Å². The molecule has 0 atom stereocenters. The summed E-state index contributed by atoms with van der Waals surface area (Å²) in [5.74, 6) is 0. The molecular weight excluding hydrogens is 592 g/mol. The standard InChI is InChI=1S/C16H23N3O4.C16H25N3O2.CH4O/c1-12-9-13(11-14(10-12)19(21)22)17-5-7-18(8-6-17)15(20)23-16(2,3)4;1-12-9-13(17)11-14(10-12)18-5-7-19(8-6-18)15(20)21-16(2,3)4;1-2/h9-11H,5-8H2,1-4H3;9-11H,5-8,17H2,1-4H3;2H,1H3. The van der Waals surface area contributed by atoms with Crippen LogP contribution in [0.3, 0.4) is 0 Å². The highest BCUT2D eigenvalue weighted by molar-refractivity contribution is 5.69. The van der Waals surface area contributed by atoms with E-state index in [1.165, 1.54) is 0 Å². The number of benzene rings is 2. The number of nitrogens with two attached hydrogens (primary N) is 1. The van der Waals surface area contributed by atoms with Crippen LogP contribution in [-0.2, 0) is 9.47 Å². The van der Waals surface area contributed by atoms with Crippen molar-refractivity contribution in [3.63, 3.8) is 0 Å². The molecule has 2 fully saturated rings. The Morgan fingerprint density at radius 3 is 1.41 bits per heavy atom. The number of rotatable bonds is 3. The number of hydrogen-bond donors (Lipinski definition) is 2. The molecule has 2 saturated heterocycles. The Balaban J connectivity index is 0.000000305. The first-order chi connectivity index (χ1) is 21.4. The molecule has 0 radical (unpaired) electrons. The summed E-state index contributed by atoms with van der Waals surface area (Å²) in [4.78, 5) is 42.4. The van der Waals surface area contributed by atoms with E-state index in [0.717, 1.165) is 48.4 Å². The Labute approximate surface area is 273 Å². The van der Waals surface area contributed by atoms with Gasteiger partial charge in [-0.15, -0.1) is 0 Å². The number of nitrogens with zero attached hydrogens (tertiary/aromatic N) is 5. The van der Waals surface area contributed by atoms with Crippen molar-refractivity contribution in [2.24, 2.45) is 0 Å². The van der Waals surface area contributed by atoms with Crippen molar-refractivity contribution in [3.05, 3.63) is 57.6 Å². The largest absolute Gasteiger partial charge is 0.444 e. The summed E-state index contributed by atoms with van der Waals surface area (Å²) in [6, 6.07) is 11.1. The lowest BCUT2D eigenvalue weighted by Crippen LogP contribution is -2.50. The normalized spacial score (nSPS) is 15.2. The SMILES string of the molecule is CO.Cc1cc(N)cc(N2CCN(C(=O)OC(C)(C)C)CC2)c1.Cc1cc(N2CCN(C(=O)OC(C)(C)C)CC2)cc([N+](=O)[O-])c1. The molecule has 0 unspecified atom stereocenters. The van der Waals surface area contributed by atoms with Crippen LogP contribution in [0.15, 0.2) is 36.4 Å². The Morgan fingerprint density at radius 2 is 1.07 bits per heavy atom. The van der Waals surface area contributed by atoms with Crippen LogP contribution in [0.1, 0.15) is 52.7 Å². The lowest BCUT2D eigenvalue weighted by molar-refractivity contribution is -0.384. The molecule has 13 heteroatoms. The van der Waals surface area contributed by atoms with Crippen molar-refractivity contribution in [1.29, 1.82) is 0 Å². The van der Waals surface area contributed by atoms with Crippen LogP contribution in [-0.4, -0.2) is 103 Å². The summed E-state index contributed by atoms with van der Waals surface area (Å²) in [5.41, 5.74) is 9.76. The first-order valence-corrected chi connectivity index (χ1v) is 15.4. The topological polar surface area (TPSA) is 155 Å². The zero-order valence-corrected chi connectivity index (χ0v) is 28.8. The molecule has 0 bridgehead atoms. The number of nitro benzene ring substituents is 1. The minimum absolute atomic E-state index is 0.0922. The molecule has 256 valence electrons. The van der Waals surface area contributed by atoms with Gasteiger partial charge in [0.1, 0.15) is 11.2 Å². The van der Waals surface area contributed by atoms with Crippen molar-refractivity contribution in [3.8, 4) is 0 Å². The third kappa shape index (κ3) is 12.3. The molecule has 0 saturated carbocycles. The second-order valence-corrected chi connectivity index (χ2v) is 13.3. The van der Waals surface area contributed by atoms with E-state index in [0.29, 0.717) is 39.3 Å². The third-order valence-corrected chi connectivity index (χ3v) is 6.94. The van der Waals surface area contributed by atoms with Crippen molar-refractivity contribution in [2.45, 2.75) is 66.6 Å². The number of anilines is 3. The molecule has 0 aromatic heterocycles. The molecule has 0 aliphatic carbocycles. The number of nitrogen functional groups attached to an aromatic ring is 1. The van der Waals surface area contributed by atoms with Crippen LogP contribution in [0.25, 0.3) is 0 Å². The third-order valence-electron chi connectivity index (χ3n) is 6.94. The van der Waals surface area contributed by atoms with Crippen LogP contribution < -0.4 is 15.5 Å².